The summed E-state index contributed by atoms with van der Waals surface area (Å²) in [5.74, 6) is 1.16. The molecule has 0 radical (unpaired) electrons. The number of amides is 1. The molecule has 2 N–H and O–H groups in total. The van der Waals surface area contributed by atoms with Gasteiger partial charge in [0.25, 0.3) is 5.91 Å². The second-order valence-electron chi connectivity index (χ2n) is 8.14. The molecule has 7 nitrogen and oxygen atoms in total. The van der Waals surface area contributed by atoms with Gasteiger partial charge in [-0.1, -0.05) is 48.5 Å². The van der Waals surface area contributed by atoms with Crippen LogP contribution in [0.25, 0.3) is 0 Å². The van der Waals surface area contributed by atoms with Gasteiger partial charge in [0.15, 0.2) is 17.3 Å². The van der Waals surface area contributed by atoms with E-state index in [-0.39, 0.29) is 31.0 Å². The Hall–Kier alpha value is -3.81. The van der Waals surface area contributed by atoms with Crippen LogP contribution in [0.3, 0.4) is 0 Å². The molecular formula is C27H25NO6. The van der Waals surface area contributed by atoms with E-state index in [0.29, 0.717) is 30.2 Å². The molecule has 174 valence electrons. The summed E-state index contributed by atoms with van der Waals surface area (Å²) in [6.07, 6.45) is 1.75. The van der Waals surface area contributed by atoms with E-state index in [4.69, 9.17) is 18.9 Å². The number of hydrogen-bond acceptors (Lipinski definition) is 6. The topological polar surface area (TPSA) is 86.3 Å². The Morgan fingerprint density at radius 2 is 1.74 bits per heavy atom. The van der Waals surface area contributed by atoms with Gasteiger partial charge in [-0.3, -0.25) is 4.79 Å². The van der Waals surface area contributed by atoms with E-state index in [2.05, 4.69) is 5.32 Å². The Morgan fingerprint density at radius 1 is 0.971 bits per heavy atom. The fourth-order valence-corrected chi connectivity index (χ4v) is 3.94. The summed E-state index contributed by atoms with van der Waals surface area (Å²) >= 11 is 0. The van der Waals surface area contributed by atoms with Crippen LogP contribution >= 0.6 is 0 Å². The molecule has 2 heterocycles. The van der Waals surface area contributed by atoms with Crippen LogP contribution in [-0.2, 0) is 27.5 Å². The van der Waals surface area contributed by atoms with E-state index in [0.717, 1.165) is 16.7 Å². The summed E-state index contributed by atoms with van der Waals surface area (Å²) in [7, 11) is 0. The normalized spacial score (nSPS) is 18.7. The summed E-state index contributed by atoms with van der Waals surface area (Å²) in [6, 6.07) is 22.5. The van der Waals surface area contributed by atoms with E-state index >= 15 is 0 Å². The van der Waals surface area contributed by atoms with Crippen molar-refractivity contribution in [1.29, 1.82) is 0 Å². The number of allylic oxidation sites excluding steroid dienone is 1. The first-order valence-corrected chi connectivity index (χ1v) is 11.1. The van der Waals surface area contributed by atoms with Crippen molar-refractivity contribution in [3.63, 3.8) is 0 Å². The molecule has 0 unspecified atom stereocenters. The van der Waals surface area contributed by atoms with Gasteiger partial charge in [0.05, 0.1) is 13.2 Å². The molecule has 2 aliphatic heterocycles. The Morgan fingerprint density at radius 3 is 2.53 bits per heavy atom. The fourth-order valence-electron chi connectivity index (χ4n) is 3.94. The van der Waals surface area contributed by atoms with Crippen molar-refractivity contribution in [1.82, 2.24) is 0 Å². The van der Waals surface area contributed by atoms with E-state index in [1.54, 1.807) is 0 Å². The number of aliphatic hydroxyl groups excluding tert-OH is 1. The third-order valence-corrected chi connectivity index (χ3v) is 5.78. The first-order chi connectivity index (χ1) is 16.7. The molecule has 0 saturated carbocycles. The highest BCUT2D eigenvalue weighted by Gasteiger charge is 2.30. The highest BCUT2D eigenvalue weighted by atomic mass is 16.7. The molecule has 5 rings (SSSR count). The van der Waals surface area contributed by atoms with Crippen LogP contribution < -0.4 is 14.8 Å². The lowest BCUT2D eigenvalue weighted by Gasteiger charge is -2.29. The van der Waals surface area contributed by atoms with Gasteiger partial charge in [-0.2, -0.15) is 0 Å². The van der Waals surface area contributed by atoms with Crippen molar-refractivity contribution in [2.75, 3.05) is 12.1 Å². The summed E-state index contributed by atoms with van der Waals surface area (Å²) in [5.41, 5.74) is 3.45. The number of rotatable bonds is 7. The minimum absolute atomic E-state index is 0.00519. The predicted molar refractivity (Wildman–Crippen MR) is 125 cm³/mol. The first kappa shape index (κ1) is 22.0. The zero-order chi connectivity index (χ0) is 23.3. The molecule has 3 aromatic carbocycles. The molecule has 0 spiro atoms. The number of carbonyl (C=O) groups is 1. The molecule has 0 bridgehead atoms. The maximum absolute atomic E-state index is 13.0. The van der Waals surface area contributed by atoms with E-state index in [1.165, 1.54) is 0 Å². The van der Waals surface area contributed by atoms with E-state index in [9.17, 15) is 9.90 Å². The van der Waals surface area contributed by atoms with Gasteiger partial charge >= 0.3 is 0 Å². The average molecular weight is 459 g/mol. The van der Waals surface area contributed by atoms with Gasteiger partial charge in [0.2, 0.25) is 13.1 Å². The molecule has 3 aromatic rings. The number of nitrogens with one attached hydrogen (secondary N) is 1. The second-order valence-corrected chi connectivity index (χ2v) is 8.14. The van der Waals surface area contributed by atoms with E-state index in [1.807, 2.05) is 78.9 Å². The van der Waals surface area contributed by atoms with Gasteiger partial charge < -0.3 is 29.4 Å². The lowest BCUT2D eigenvalue weighted by atomic mass is 9.92. The van der Waals surface area contributed by atoms with Crippen molar-refractivity contribution in [3.8, 4) is 11.5 Å². The third kappa shape index (κ3) is 5.06. The maximum atomic E-state index is 13.0. The number of benzene rings is 3. The Bertz CT molecular complexity index is 1180. The van der Waals surface area contributed by atoms with Crippen molar-refractivity contribution < 1.29 is 28.8 Å². The molecule has 0 fully saturated rings. The molecule has 1 amide bonds. The van der Waals surface area contributed by atoms with Crippen molar-refractivity contribution in [3.05, 3.63) is 101 Å². The fraction of sp³-hybridized carbons (Fsp3) is 0.222. The minimum Gasteiger partial charge on any atom is -0.459 e. The number of aliphatic hydroxyl groups is 1. The smallest absolute Gasteiger partial charge is 0.290 e. The zero-order valence-electron chi connectivity index (χ0n) is 18.5. The molecule has 0 aromatic heterocycles. The number of hydrogen-bond donors (Lipinski definition) is 2. The number of para-hydroxylation sites is 1. The lowest BCUT2D eigenvalue weighted by Crippen LogP contribution is -2.29. The number of fused-ring (bicyclic) bond motifs is 1. The molecule has 0 aliphatic carbocycles. The summed E-state index contributed by atoms with van der Waals surface area (Å²) in [5, 5.41) is 12.1. The van der Waals surface area contributed by atoms with Crippen LogP contribution in [-0.4, -0.2) is 24.1 Å². The predicted octanol–water partition coefficient (Wildman–Crippen LogP) is 4.48. The Kier molecular flexibility index (Phi) is 6.46. The molecule has 0 saturated heterocycles. The largest absolute Gasteiger partial charge is 0.459 e. The maximum Gasteiger partial charge on any atom is 0.290 e. The van der Waals surface area contributed by atoms with Gasteiger partial charge in [0.1, 0.15) is 0 Å². The minimum atomic E-state index is -0.616. The lowest BCUT2D eigenvalue weighted by molar-refractivity contribution is -0.147. The van der Waals surface area contributed by atoms with Crippen LogP contribution in [0.5, 0.6) is 11.5 Å². The highest BCUT2D eigenvalue weighted by molar-refractivity contribution is 6.02. The number of anilines is 1. The van der Waals surface area contributed by atoms with Gasteiger partial charge in [-0.25, -0.2) is 0 Å². The first-order valence-electron chi connectivity index (χ1n) is 11.1. The number of ether oxygens (including phenoxy) is 4. The monoisotopic (exact) mass is 459 g/mol. The Labute approximate surface area is 197 Å². The molecule has 2 atom stereocenters. The summed E-state index contributed by atoms with van der Waals surface area (Å²) in [4.78, 5) is 13.0. The summed E-state index contributed by atoms with van der Waals surface area (Å²) < 4.78 is 23.0. The van der Waals surface area contributed by atoms with Gasteiger partial charge in [-0.15, -0.1) is 0 Å². The van der Waals surface area contributed by atoms with Gasteiger partial charge in [0, 0.05) is 18.0 Å². The quantitative estimate of drug-likeness (QED) is 0.542. The van der Waals surface area contributed by atoms with Crippen molar-refractivity contribution in [2.45, 2.75) is 31.8 Å². The average Bonchev–Trinajstić information content (AvgIpc) is 3.36. The van der Waals surface area contributed by atoms with Crippen molar-refractivity contribution >= 4 is 11.6 Å². The Balaban J connectivity index is 1.35. The third-order valence-electron chi connectivity index (χ3n) is 5.78. The van der Waals surface area contributed by atoms with Crippen molar-refractivity contribution in [2.24, 2.45) is 0 Å². The molecule has 7 heteroatoms. The van der Waals surface area contributed by atoms with E-state index < -0.39 is 6.29 Å². The summed E-state index contributed by atoms with van der Waals surface area (Å²) in [6.45, 7) is 0.514. The molecule has 2 aliphatic rings. The number of carbonyl (C=O) groups excluding carboxylic acids is 1. The van der Waals surface area contributed by atoms with Crippen LogP contribution in [0, 0.1) is 0 Å². The standard InChI is InChI=1S/C27H25NO6/c29-15-18-6-8-19(9-7-18)16-31-26-14-21(20-10-11-23-24(12-20)33-17-32-23)13-25(34-26)27(30)28-22-4-2-1-3-5-22/h1-13,21,26,29H,14-17H2,(H,28,30)/t21-,26+/m1/s1. The highest BCUT2D eigenvalue weighted by Crippen LogP contribution is 2.38. The SMILES string of the molecule is O=C(Nc1ccccc1)C1=C[C@@H](c2ccc3c(c2)OCO3)C[C@@H](OCc2ccc(CO)cc2)O1. The molecule has 34 heavy (non-hydrogen) atoms. The van der Waals surface area contributed by atoms with Crippen LogP contribution in [0.4, 0.5) is 5.69 Å². The zero-order valence-corrected chi connectivity index (χ0v) is 18.5. The molecular weight excluding hydrogens is 434 g/mol. The van der Waals surface area contributed by atoms with Crippen LogP contribution in [0.2, 0.25) is 0 Å². The van der Waals surface area contributed by atoms with Crippen LogP contribution in [0.15, 0.2) is 84.6 Å². The van der Waals surface area contributed by atoms with Gasteiger partial charge in [-0.05, 0) is 47.0 Å². The second kappa shape index (κ2) is 9.99. The van der Waals surface area contributed by atoms with Crippen LogP contribution in [0.1, 0.15) is 29.0 Å².